The van der Waals surface area contributed by atoms with E-state index in [1.807, 2.05) is 20.8 Å². The third-order valence-electron chi connectivity index (χ3n) is 8.38. The summed E-state index contributed by atoms with van der Waals surface area (Å²) in [5, 5.41) is 26.4. The molecule has 0 saturated heterocycles. The number of carbonyl (C=O) groups is 2. The predicted octanol–water partition coefficient (Wildman–Crippen LogP) is 9.29. The second kappa shape index (κ2) is 19.4. The van der Waals surface area contributed by atoms with Crippen molar-refractivity contribution in [3.63, 3.8) is 0 Å². The number of nitrogens with zero attached hydrogens (tertiary/aromatic N) is 4. The minimum Gasteiger partial charge on any atom is -0.356 e. The molecule has 0 spiro atoms. The molecule has 0 fully saturated rings. The molecule has 11 nitrogen and oxygen atoms in total. The molecule has 3 N–H and O–H groups in total. The SMILES string of the molecule is CCCCCCCCCCCCCCCCCC(=O)NCCC(=O)Nc1ccc([N+](=O)[O-])cc1-c1nn2nc(C(C)(C)C)c(Cl)c2[nH]1. The fourth-order valence-corrected chi connectivity index (χ4v) is 6.07. The summed E-state index contributed by atoms with van der Waals surface area (Å²) in [4.78, 5) is 39.1. The van der Waals surface area contributed by atoms with Crippen LogP contribution in [0.1, 0.15) is 143 Å². The first-order valence-corrected chi connectivity index (χ1v) is 17.9. The van der Waals surface area contributed by atoms with Gasteiger partial charge in [0, 0.05) is 42.5 Å². The lowest BCUT2D eigenvalue weighted by Crippen LogP contribution is -2.27. The molecule has 47 heavy (non-hydrogen) atoms. The maximum atomic E-state index is 12.8. The van der Waals surface area contributed by atoms with Crippen LogP contribution in [-0.4, -0.2) is 43.1 Å². The molecular weight excluding hydrogens is 618 g/mol. The Hall–Kier alpha value is -3.47. The number of hydrogen-bond acceptors (Lipinski definition) is 6. The van der Waals surface area contributed by atoms with Crippen LogP contribution < -0.4 is 10.6 Å². The zero-order valence-electron chi connectivity index (χ0n) is 28.8. The van der Waals surface area contributed by atoms with Gasteiger partial charge >= 0.3 is 0 Å². The Bertz CT molecular complexity index is 1440. The van der Waals surface area contributed by atoms with E-state index in [1.165, 1.54) is 99.9 Å². The summed E-state index contributed by atoms with van der Waals surface area (Å²) >= 11 is 6.56. The Morgan fingerprint density at radius 2 is 1.45 bits per heavy atom. The third-order valence-corrected chi connectivity index (χ3v) is 8.74. The van der Waals surface area contributed by atoms with Crippen LogP contribution >= 0.6 is 11.6 Å². The molecule has 0 radical (unpaired) electrons. The lowest BCUT2D eigenvalue weighted by Gasteiger charge is -2.14. The number of nitro groups is 1. The van der Waals surface area contributed by atoms with Crippen LogP contribution in [0, 0.1) is 10.1 Å². The molecule has 0 unspecified atom stereocenters. The summed E-state index contributed by atoms with van der Waals surface area (Å²) in [5.41, 5.74) is 1.32. The number of rotatable bonds is 22. The van der Waals surface area contributed by atoms with Gasteiger partial charge in [0.2, 0.25) is 11.8 Å². The van der Waals surface area contributed by atoms with Crippen molar-refractivity contribution in [3.05, 3.63) is 39.0 Å². The number of halogens is 1. The number of nitro benzene ring substituents is 1. The van der Waals surface area contributed by atoms with Gasteiger partial charge in [-0.25, -0.2) is 0 Å². The molecule has 3 aromatic rings. The van der Waals surface area contributed by atoms with E-state index in [9.17, 15) is 19.7 Å². The average Bonchev–Trinajstić information content (AvgIpc) is 3.58. The Morgan fingerprint density at radius 3 is 1.98 bits per heavy atom. The van der Waals surface area contributed by atoms with E-state index < -0.39 is 4.92 Å². The topological polar surface area (TPSA) is 147 Å². The lowest BCUT2D eigenvalue weighted by molar-refractivity contribution is -0.384. The first kappa shape index (κ1) is 38.0. The van der Waals surface area contributed by atoms with Crippen LogP contribution in [0.3, 0.4) is 0 Å². The molecule has 2 aromatic heterocycles. The second-order valence-electron chi connectivity index (χ2n) is 13.6. The number of H-pyrrole nitrogens is 1. The minimum atomic E-state index is -0.512. The Balaban J connectivity index is 1.35. The zero-order chi connectivity index (χ0) is 34.2. The predicted molar refractivity (Wildman–Crippen MR) is 189 cm³/mol. The molecule has 1 aromatic carbocycles. The third kappa shape index (κ3) is 12.6. The lowest BCUT2D eigenvalue weighted by atomic mass is 9.92. The van der Waals surface area contributed by atoms with Crippen molar-refractivity contribution in [2.75, 3.05) is 11.9 Å². The van der Waals surface area contributed by atoms with E-state index in [1.54, 1.807) is 0 Å². The maximum Gasteiger partial charge on any atom is 0.270 e. The highest BCUT2D eigenvalue weighted by molar-refractivity contribution is 6.34. The highest BCUT2D eigenvalue weighted by atomic mass is 35.5. The number of amides is 2. The number of carbonyl (C=O) groups excluding carboxylic acids is 2. The van der Waals surface area contributed by atoms with Crippen LogP contribution in [0.4, 0.5) is 11.4 Å². The van der Waals surface area contributed by atoms with Gasteiger partial charge in [0.25, 0.3) is 5.69 Å². The molecule has 260 valence electrons. The van der Waals surface area contributed by atoms with Crippen LogP contribution in [-0.2, 0) is 15.0 Å². The maximum absolute atomic E-state index is 12.8. The van der Waals surface area contributed by atoms with E-state index in [0.717, 1.165) is 19.3 Å². The number of aromatic amines is 1. The number of anilines is 1. The van der Waals surface area contributed by atoms with E-state index in [2.05, 4.69) is 32.7 Å². The van der Waals surface area contributed by atoms with Crippen molar-refractivity contribution >= 4 is 40.4 Å². The van der Waals surface area contributed by atoms with Gasteiger partial charge in [-0.05, 0) is 12.5 Å². The fraction of sp³-hybridized carbons (Fsp3) is 0.657. The van der Waals surface area contributed by atoms with E-state index >= 15 is 0 Å². The van der Waals surface area contributed by atoms with Gasteiger partial charge in [0.15, 0.2) is 11.5 Å². The summed E-state index contributed by atoms with van der Waals surface area (Å²) in [7, 11) is 0. The Morgan fingerprint density at radius 1 is 0.872 bits per heavy atom. The number of unbranched alkanes of at least 4 members (excludes halogenated alkanes) is 14. The van der Waals surface area contributed by atoms with Crippen molar-refractivity contribution < 1.29 is 14.5 Å². The van der Waals surface area contributed by atoms with Crippen molar-refractivity contribution in [3.8, 4) is 11.4 Å². The molecule has 0 aliphatic rings. The van der Waals surface area contributed by atoms with E-state index in [0.29, 0.717) is 34.0 Å². The minimum absolute atomic E-state index is 0.0588. The number of benzene rings is 1. The average molecular weight is 672 g/mol. The summed E-state index contributed by atoms with van der Waals surface area (Å²) in [5.74, 6) is -0.128. The van der Waals surface area contributed by atoms with Crippen molar-refractivity contribution in [1.29, 1.82) is 0 Å². The molecule has 0 atom stereocenters. The van der Waals surface area contributed by atoms with Gasteiger partial charge in [-0.2, -0.15) is 5.10 Å². The molecule has 2 heterocycles. The van der Waals surface area contributed by atoms with Gasteiger partial charge < -0.3 is 15.6 Å². The first-order chi connectivity index (χ1) is 22.5. The van der Waals surface area contributed by atoms with Crippen LogP contribution in [0.25, 0.3) is 17.0 Å². The first-order valence-electron chi connectivity index (χ1n) is 17.5. The molecule has 0 bridgehead atoms. The molecule has 0 saturated carbocycles. The van der Waals surface area contributed by atoms with Gasteiger partial charge in [-0.15, -0.1) is 9.73 Å². The van der Waals surface area contributed by atoms with Gasteiger partial charge in [0.05, 0.1) is 16.3 Å². The van der Waals surface area contributed by atoms with Gasteiger partial charge in [0.1, 0.15) is 5.02 Å². The molecule has 0 aliphatic heterocycles. The summed E-state index contributed by atoms with van der Waals surface area (Å²) in [6, 6.07) is 4.12. The Labute approximate surface area is 284 Å². The highest BCUT2D eigenvalue weighted by Crippen LogP contribution is 2.34. The van der Waals surface area contributed by atoms with Gasteiger partial charge in [-0.1, -0.05) is 129 Å². The molecule has 3 rings (SSSR count). The molecular formula is C35H54ClN7O4. The quantitative estimate of drug-likeness (QED) is 0.0551. The van der Waals surface area contributed by atoms with Crippen LogP contribution in [0.2, 0.25) is 5.02 Å². The van der Waals surface area contributed by atoms with Gasteiger partial charge in [-0.3, -0.25) is 19.7 Å². The number of aromatic nitrogens is 4. The Kier molecular flexibility index (Phi) is 15.7. The standard InChI is InChI=1S/C35H54ClN7O4/c1-5-6-7-8-9-10-11-12-13-14-15-16-17-18-19-20-29(44)37-24-23-30(45)38-28-22-21-26(43(46)47)25-27(28)33-39-34-31(36)32(35(2,3)4)40-42(34)41-33/h21-22,25H,5-20,23-24H2,1-4H3,(H,37,44)(H,38,45)(H,39,41). The zero-order valence-corrected chi connectivity index (χ0v) is 29.5. The molecule has 12 heteroatoms. The largest absolute Gasteiger partial charge is 0.356 e. The normalized spacial score (nSPS) is 11.7. The molecule has 2 amide bonds. The number of non-ortho nitro benzene ring substituents is 1. The smallest absolute Gasteiger partial charge is 0.270 e. The number of fused-ring (bicyclic) bond motifs is 1. The summed E-state index contributed by atoms with van der Waals surface area (Å²) in [6.07, 6.45) is 19.6. The van der Waals surface area contributed by atoms with Crippen molar-refractivity contribution in [2.45, 2.75) is 142 Å². The number of hydrogen-bond donors (Lipinski definition) is 3. The number of nitrogens with one attached hydrogen (secondary N) is 3. The van der Waals surface area contributed by atoms with Crippen molar-refractivity contribution in [2.24, 2.45) is 0 Å². The monoisotopic (exact) mass is 671 g/mol. The van der Waals surface area contributed by atoms with Crippen LogP contribution in [0.15, 0.2) is 18.2 Å². The van der Waals surface area contributed by atoms with Crippen molar-refractivity contribution in [1.82, 2.24) is 25.1 Å². The fourth-order valence-electron chi connectivity index (χ4n) is 5.62. The second-order valence-corrected chi connectivity index (χ2v) is 13.9. The molecule has 0 aliphatic carbocycles. The van der Waals surface area contributed by atoms with E-state index in [-0.39, 0.29) is 41.7 Å². The summed E-state index contributed by atoms with van der Waals surface area (Å²) < 4.78 is 1.36. The highest BCUT2D eigenvalue weighted by Gasteiger charge is 2.26. The van der Waals surface area contributed by atoms with E-state index in [4.69, 9.17) is 11.6 Å². The summed E-state index contributed by atoms with van der Waals surface area (Å²) in [6.45, 7) is 8.41. The van der Waals surface area contributed by atoms with Crippen LogP contribution in [0.5, 0.6) is 0 Å².